The molecule has 0 unspecified atom stereocenters. The average Bonchev–Trinajstić information content (AvgIpc) is 2.58. The minimum Gasteiger partial charge on any atom is -0.469 e. The molecule has 1 rings (SSSR count). The first-order valence-corrected chi connectivity index (χ1v) is 7.52. The Balaban J connectivity index is 2.34. The Morgan fingerprint density at radius 2 is 2.21 bits per heavy atom. The van der Waals surface area contributed by atoms with Gasteiger partial charge in [-0.25, -0.2) is 4.98 Å². The molecule has 0 saturated heterocycles. The van der Waals surface area contributed by atoms with Gasteiger partial charge in [-0.15, -0.1) is 0 Å². The lowest BCUT2D eigenvalue weighted by atomic mass is 10.1. The summed E-state index contributed by atoms with van der Waals surface area (Å²) < 4.78 is 4.50. The average molecular weight is 330 g/mol. The number of nitrogens with zero attached hydrogens (tertiary/aromatic N) is 1. The number of esters is 1. The number of aliphatic hydroxyl groups is 2. The first kappa shape index (κ1) is 19.4. The standard InChI is InChI=1S/C18H22N2O4/c1-24-18(23)10-6-9-16(22)15(21)8-5-3-2-4-7-14-11-12-17(19)20-13-14/h2-3,5,8,11-13,15-16,21-22H,6,9-10H2,1H3,(H2,19,20)/b3-2+,8-5+/t15-,16+/m1/s1. The van der Waals surface area contributed by atoms with Gasteiger partial charge in [-0.1, -0.05) is 30.1 Å². The monoisotopic (exact) mass is 330 g/mol. The molecule has 0 aliphatic heterocycles. The van der Waals surface area contributed by atoms with Crippen LogP contribution in [0.1, 0.15) is 24.8 Å². The van der Waals surface area contributed by atoms with Crippen molar-refractivity contribution in [2.24, 2.45) is 0 Å². The summed E-state index contributed by atoms with van der Waals surface area (Å²) in [6, 6.07) is 3.44. The predicted octanol–water partition coefficient (Wildman–Crippen LogP) is 1.19. The van der Waals surface area contributed by atoms with Crippen LogP contribution in [0.3, 0.4) is 0 Å². The number of nitrogen functional groups attached to an aromatic ring is 1. The Kier molecular flexibility index (Phi) is 8.90. The zero-order chi connectivity index (χ0) is 17.8. The number of methoxy groups -OCH3 is 1. The fourth-order valence-electron chi connectivity index (χ4n) is 1.74. The number of allylic oxidation sites excluding steroid dienone is 3. The number of carbonyl (C=O) groups is 1. The SMILES string of the molecule is COC(=O)CCC[C@H](O)[C@H](O)/C=C/C=C/C#Cc1ccc(N)nc1. The van der Waals surface area contributed by atoms with Crippen LogP contribution in [0.25, 0.3) is 0 Å². The topological polar surface area (TPSA) is 106 Å². The first-order valence-electron chi connectivity index (χ1n) is 7.52. The summed E-state index contributed by atoms with van der Waals surface area (Å²) in [6.07, 6.45) is 6.98. The predicted molar refractivity (Wildman–Crippen MR) is 91.7 cm³/mol. The molecular formula is C18H22N2O4. The molecule has 4 N–H and O–H groups in total. The highest BCUT2D eigenvalue weighted by Crippen LogP contribution is 2.07. The third-order valence-corrected chi connectivity index (χ3v) is 3.10. The van der Waals surface area contributed by atoms with Gasteiger partial charge >= 0.3 is 5.97 Å². The van der Waals surface area contributed by atoms with Gasteiger partial charge in [-0.3, -0.25) is 4.79 Å². The number of pyridine rings is 1. The van der Waals surface area contributed by atoms with Crippen molar-refractivity contribution in [1.29, 1.82) is 0 Å². The van der Waals surface area contributed by atoms with E-state index in [1.807, 2.05) is 0 Å². The number of carbonyl (C=O) groups excluding carboxylic acids is 1. The van der Waals surface area contributed by atoms with E-state index in [0.29, 0.717) is 18.7 Å². The molecule has 0 aliphatic carbocycles. The van der Waals surface area contributed by atoms with Crippen molar-refractivity contribution < 1.29 is 19.7 Å². The van der Waals surface area contributed by atoms with E-state index in [2.05, 4.69) is 21.6 Å². The molecule has 0 aliphatic rings. The second-order valence-corrected chi connectivity index (χ2v) is 5.01. The normalized spacial score (nSPS) is 13.5. The Bertz CT molecular complexity index is 627. The molecule has 1 aromatic rings. The fourth-order valence-corrected chi connectivity index (χ4v) is 1.74. The van der Waals surface area contributed by atoms with Crippen molar-refractivity contribution in [1.82, 2.24) is 4.98 Å². The van der Waals surface area contributed by atoms with Gasteiger partial charge in [0.2, 0.25) is 0 Å². The number of hydrogen-bond donors (Lipinski definition) is 3. The molecule has 6 nitrogen and oxygen atoms in total. The molecule has 128 valence electrons. The van der Waals surface area contributed by atoms with E-state index in [9.17, 15) is 15.0 Å². The lowest BCUT2D eigenvalue weighted by Gasteiger charge is -2.13. The van der Waals surface area contributed by atoms with Crippen LogP contribution in [0, 0.1) is 11.8 Å². The second-order valence-electron chi connectivity index (χ2n) is 5.01. The van der Waals surface area contributed by atoms with Crippen LogP contribution in [-0.4, -0.2) is 40.5 Å². The highest BCUT2D eigenvalue weighted by atomic mass is 16.5. The van der Waals surface area contributed by atoms with E-state index >= 15 is 0 Å². The van der Waals surface area contributed by atoms with Gasteiger partial charge in [-0.05, 0) is 31.1 Å². The Morgan fingerprint density at radius 3 is 2.88 bits per heavy atom. The number of hydrogen-bond acceptors (Lipinski definition) is 6. The number of aromatic nitrogens is 1. The maximum Gasteiger partial charge on any atom is 0.305 e. The molecule has 6 heteroatoms. The van der Waals surface area contributed by atoms with E-state index < -0.39 is 12.2 Å². The molecule has 0 amide bonds. The molecule has 1 heterocycles. The molecule has 0 fully saturated rings. The van der Waals surface area contributed by atoms with Crippen molar-refractivity contribution in [2.45, 2.75) is 31.5 Å². The van der Waals surface area contributed by atoms with E-state index in [1.54, 1.807) is 36.6 Å². The maximum atomic E-state index is 10.9. The van der Waals surface area contributed by atoms with Crippen LogP contribution < -0.4 is 5.73 Å². The van der Waals surface area contributed by atoms with Crippen LogP contribution in [0.4, 0.5) is 5.82 Å². The molecule has 2 atom stereocenters. The van der Waals surface area contributed by atoms with Crippen molar-refractivity contribution >= 4 is 11.8 Å². The number of ether oxygens (including phenoxy) is 1. The quantitative estimate of drug-likeness (QED) is 0.394. The van der Waals surface area contributed by atoms with E-state index in [-0.39, 0.29) is 12.4 Å². The highest BCUT2D eigenvalue weighted by Gasteiger charge is 2.13. The van der Waals surface area contributed by atoms with Crippen LogP contribution in [0.15, 0.2) is 42.6 Å². The van der Waals surface area contributed by atoms with Gasteiger partial charge in [0.05, 0.1) is 19.3 Å². The van der Waals surface area contributed by atoms with Crippen molar-refractivity contribution in [3.63, 3.8) is 0 Å². The molecule has 0 bridgehead atoms. The van der Waals surface area contributed by atoms with Gasteiger partial charge in [0.15, 0.2) is 0 Å². The lowest BCUT2D eigenvalue weighted by molar-refractivity contribution is -0.140. The summed E-state index contributed by atoms with van der Waals surface area (Å²) in [5, 5.41) is 19.5. The van der Waals surface area contributed by atoms with E-state index in [1.165, 1.54) is 13.2 Å². The molecule has 0 spiro atoms. The summed E-state index contributed by atoms with van der Waals surface area (Å²) in [5.74, 6) is 5.82. The number of aliphatic hydroxyl groups excluding tert-OH is 2. The first-order chi connectivity index (χ1) is 11.5. The number of nitrogens with two attached hydrogens (primary N) is 1. The lowest BCUT2D eigenvalue weighted by Crippen LogP contribution is -2.23. The Labute approximate surface area is 141 Å². The van der Waals surface area contributed by atoms with Gasteiger partial charge in [0, 0.05) is 18.2 Å². The fraction of sp³-hybridized carbons (Fsp3) is 0.333. The Morgan fingerprint density at radius 1 is 1.42 bits per heavy atom. The summed E-state index contributed by atoms with van der Waals surface area (Å²) in [4.78, 5) is 14.9. The zero-order valence-corrected chi connectivity index (χ0v) is 13.6. The second kappa shape index (κ2) is 11.0. The highest BCUT2D eigenvalue weighted by molar-refractivity contribution is 5.68. The zero-order valence-electron chi connectivity index (χ0n) is 13.6. The minimum absolute atomic E-state index is 0.222. The maximum absolute atomic E-state index is 10.9. The molecule has 0 aromatic carbocycles. The number of anilines is 1. The minimum atomic E-state index is -0.999. The van der Waals surface area contributed by atoms with Crippen LogP contribution in [-0.2, 0) is 9.53 Å². The van der Waals surface area contributed by atoms with Gasteiger partial charge in [0.1, 0.15) is 5.82 Å². The van der Waals surface area contributed by atoms with Crippen LogP contribution in [0.2, 0.25) is 0 Å². The molecule has 1 aromatic heterocycles. The smallest absolute Gasteiger partial charge is 0.305 e. The number of rotatable bonds is 7. The van der Waals surface area contributed by atoms with Gasteiger partial charge < -0.3 is 20.7 Å². The van der Waals surface area contributed by atoms with Gasteiger partial charge in [-0.2, -0.15) is 0 Å². The van der Waals surface area contributed by atoms with Crippen LogP contribution >= 0.6 is 0 Å². The van der Waals surface area contributed by atoms with Gasteiger partial charge in [0.25, 0.3) is 0 Å². The summed E-state index contributed by atoms with van der Waals surface area (Å²) >= 11 is 0. The van der Waals surface area contributed by atoms with Crippen LogP contribution in [0.5, 0.6) is 0 Å². The molecular weight excluding hydrogens is 308 g/mol. The molecule has 0 saturated carbocycles. The van der Waals surface area contributed by atoms with Crippen molar-refractivity contribution in [3.05, 3.63) is 48.2 Å². The third kappa shape index (κ3) is 8.13. The van der Waals surface area contributed by atoms with E-state index in [4.69, 9.17) is 5.73 Å². The largest absolute Gasteiger partial charge is 0.469 e. The molecule has 0 radical (unpaired) electrons. The summed E-state index contributed by atoms with van der Waals surface area (Å²) in [5.41, 5.74) is 6.23. The third-order valence-electron chi connectivity index (χ3n) is 3.10. The summed E-state index contributed by atoms with van der Waals surface area (Å²) in [6.45, 7) is 0. The Hall–Kier alpha value is -2.62. The molecule has 24 heavy (non-hydrogen) atoms. The van der Waals surface area contributed by atoms with Crippen molar-refractivity contribution in [2.75, 3.05) is 12.8 Å². The summed E-state index contributed by atoms with van der Waals surface area (Å²) in [7, 11) is 1.31. The van der Waals surface area contributed by atoms with E-state index in [0.717, 1.165) is 5.56 Å². The van der Waals surface area contributed by atoms with Crippen molar-refractivity contribution in [3.8, 4) is 11.8 Å².